The smallest absolute Gasteiger partial charge is 0.168 e. The second-order valence-electron chi connectivity index (χ2n) is 4.97. The van der Waals surface area contributed by atoms with Gasteiger partial charge < -0.3 is 4.90 Å². The lowest BCUT2D eigenvalue weighted by atomic mass is 9.90. The molecule has 2 nitrogen and oxygen atoms in total. The van der Waals surface area contributed by atoms with Crippen LogP contribution >= 0.6 is 15.9 Å². The van der Waals surface area contributed by atoms with E-state index in [1.165, 1.54) is 5.92 Å². The molecule has 0 bridgehead atoms. The first-order valence-corrected chi connectivity index (χ1v) is 6.66. The lowest BCUT2D eigenvalue weighted by Crippen LogP contribution is -2.51. The maximum atomic E-state index is 12.1. The average molecular weight is 295 g/mol. The van der Waals surface area contributed by atoms with Gasteiger partial charge in [-0.1, -0.05) is 41.9 Å². The number of hydrogen-bond donors (Lipinski definition) is 0. The molecule has 3 heteroatoms. The van der Waals surface area contributed by atoms with Gasteiger partial charge in [0, 0.05) is 35.6 Å². The molecule has 91 valence electrons. The fraction of sp³-hybridized carbons (Fsp3) is 0.429. The minimum atomic E-state index is 0.190. The van der Waals surface area contributed by atoms with Crippen LogP contribution in [-0.4, -0.2) is 30.3 Å². The Hall–Kier alpha value is -0.670. The molecular weight excluding hydrogens is 278 g/mol. The number of carbonyl (C=O) groups excluding carboxylic acids is 1. The zero-order valence-electron chi connectivity index (χ0n) is 10.2. The predicted octanol–water partition coefficient (Wildman–Crippen LogP) is 3.18. The summed E-state index contributed by atoms with van der Waals surface area (Å²) in [6, 6.07) is 7.64. The third kappa shape index (κ3) is 3.17. The third-order valence-corrected chi connectivity index (χ3v) is 3.53. The number of Topliss-reactive ketones (excluding diaryl/α,β-unsaturated/α-hetero) is 1. The first-order chi connectivity index (χ1) is 8.06. The summed E-state index contributed by atoms with van der Waals surface area (Å²) in [5.41, 5.74) is 0.829. The highest BCUT2D eigenvalue weighted by Crippen LogP contribution is 2.22. The molecule has 0 N–H and O–H groups in total. The maximum absolute atomic E-state index is 12.1. The molecule has 0 saturated carbocycles. The second-order valence-corrected chi connectivity index (χ2v) is 5.88. The van der Waals surface area contributed by atoms with Crippen molar-refractivity contribution in [1.29, 1.82) is 0 Å². The molecule has 1 aromatic rings. The summed E-state index contributed by atoms with van der Waals surface area (Å²) in [5.74, 6) is 1.87. The number of likely N-dealkylation sites (tertiary alicyclic amines) is 1. The van der Waals surface area contributed by atoms with E-state index < -0.39 is 0 Å². The van der Waals surface area contributed by atoms with E-state index in [9.17, 15) is 4.79 Å². The van der Waals surface area contributed by atoms with Crippen molar-refractivity contribution >= 4 is 21.7 Å². The molecule has 0 aromatic heterocycles. The van der Waals surface area contributed by atoms with Gasteiger partial charge in [0.05, 0.1) is 0 Å². The molecule has 1 radical (unpaired) electrons. The maximum Gasteiger partial charge on any atom is 0.168 e. The van der Waals surface area contributed by atoms with Crippen LogP contribution in [0.4, 0.5) is 0 Å². The minimum absolute atomic E-state index is 0.190. The number of hydrogen-bond acceptors (Lipinski definition) is 2. The van der Waals surface area contributed by atoms with Gasteiger partial charge in [-0.15, -0.1) is 0 Å². The van der Waals surface area contributed by atoms with Crippen LogP contribution < -0.4 is 0 Å². The monoisotopic (exact) mass is 294 g/mol. The largest absolute Gasteiger partial charge is 0.301 e. The molecule has 0 amide bonds. The Kier molecular flexibility index (Phi) is 4.00. The van der Waals surface area contributed by atoms with E-state index in [1.54, 1.807) is 0 Å². The lowest BCUT2D eigenvalue weighted by Gasteiger charge is -2.39. The fourth-order valence-electron chi connectivity index (χ4n) is 2.16. The Labute approximate surface area is 111 Å². The van der Waals surface area contributed by atoms with Crippen LogP contribution in [0.15, 0.2) is 28.7 Å². The van der Waals surface area contributed by atoms with Gasteiger partial charge >= 0.3 is 0 Å². The summed E-state index contributed by atoms with van der Waals surface area (Å²) in [6.07, 6.45) is 0. The Morgan fingerprint density at radius 2 is 1.88 bits per heavy atom. The summed E-state index contributed by atoms with van der Waals surface area (Å²) >= 11 is 3.38. The van der Waals surface area contributed by atoms with Crippen molar-refractivity contribution in [1.82, 2.24) is 4.90 Å². The van der Waals surface area contributed by atoms with Crippen molar-refractivity contribution in [3.63, 3.8) is 0 Å². The first-order valence-electron chi connectivity index (χ1n) is 5.87. The first kappa shape index (κ1) is 12.8. The number of benzene rings is 1. The van der Waals surface area contributed by atoms with Crippen LogP contribution in [0.25, 0.3) is 0 Å². The molecule has 1 saturated heterocycles. The molecule has 1 aromatic carbocycles. The van der Waals surface area contributed by atoms with Gasteiger partial charge in [-0.05, 0) is 18.1 Å². The number of nitrogens with zero attached hydrogens (tertiary/aromatic N) is 1. The Morgan fingerprint density at radius 3 is 2.41 bits per heavy atom. The zero-order valence-corrected chi connectivity index (χ0v) is 11.8. The molecule has 17 heavy (non-hydrogen) atoms. The molecule has 1 aliphatic rings. The second kappa shape index (κ2) is 5.32. The van der Waals surface area contributed by atoms with Crippen molar-refractivity contribution < 1.29 is 4.79 Å². The van der Waals surface area contributed by atoms with Gasteiger partial charge in [0.1, 0.15) is 0 Å². The molecule has 0 spiro atoms. The van der Waals surface area contributed by atoms with Gasteiger partial charge in [-0.25, -0.2) is 0 Å². The van der Waals surface area contributed by atoms with Crippen molar-refractivity contribution in [2.24, 2.45) is 5.92 Å². The van der Waals surface area contributed by atoms with Crippen LogP contribution in [-0.2, 0) is 0 Å². The van der Waals surface area contributed by atoms with E-state index in [0.29, 0.717) is 0 Å². The van der Waals surface area contributed by atoms with Gasteiger partial charge in [-0.2, -0.15) is 0 Å². The average Bonchev–Trinajstić information content (AvgIpc) is 2.23. The number of rotatable bonds is 4. The van der Waals surface area contributed by atoms with E-state index in [-0.39, 0.29) is 11.7 Å². The third-order valence-electron chi connectivity index (χ3n) is 3.00. The van der Waals surface area contributed by atoms with Crippen LogP contribution in [0.3, 0.4) is 0 Å². The molecule has 0 atom stereocenters. The normalized spacial score (nSPS) is 17.2. The summed E-state index contributed by atoms with van der Waals surface area (Å²) in [7, 11) is 0. The van der Waals surface area contributed by atoms with Crippen molar-refractivity contribution in [2.75, 3.05) is 19.6 Å². The lowest BCUT2D eigenvalue weighted by molar-refractivity contribution is 0.0639. The summed E-state index contributed by atoms with van der Waals surface area (Å²) < 4.78 is 1.01. The highest BCUT2D eigenvalue weighted by atomic mass is 79.9. The van der Waals surface area contributed by atoms with Crippen LogP contribution in [0.2, 0.25) is 0 Å². The van der Waals surface area contributed by atoms with Crippen LogP contribution in [0.5, 0.6) is 0 Å². The van der Waals surface area contributed by atoms with Crippen LogP contribution in [0.1, 0.15) is 24.2 Å². The van der Waals surface area contributed by atoms with E-state index in [1.807, 2.05) is 24.3 Å². The Bertz CT molecular complexity index is 393. The van der Waals surface area contributed by atoms with E-state index in [4.69, 9.17) is 0 Å². The van der Waals surface area contributed by atoms with Gasteiger partial charge in [0.15, 0.2) is 5.78 Å². The molecule has 1 fully saturated rings. The zero-order chi connectivity index (χ0) is 12.4. The van der Waals surface area contributed by atoms with E-state index in [0.717, 1.165) is 29.7 Å². The van der Waals surface area contributed by atoms with E-state index >= 15 is 0 Å². The number of carbonyl (C=O) groups is 1. The van der Waals surface area contributed by atoms with Gasteiger partial charge in [-0.3, -0.25) is 4.79 Å². The molecule has 1 heterocycles. The summed E-state index contributed by atoms with van der Waals surface area (Å²) in [5, 5.41) is 0. The molecule has 0 unspecified atom stereocenters. The quantitative estimate of drug-likeness (QED) is 0.795. The number of ketones is 1. The van der Waals surface area contributed by atoms with Crippen molar-refractivity contribution in [2.45, 2.75) is 13.8 Å². The molecule has 0 aliphatic carbocycles. The van der Waals surface area contributed by atoms with E-state index in [2.05, 4.69) is 34.7 Å². The fourth-order valence-corrected chi connectivity index (χ4v) is 2.43. The highest BCUT2D eigenvalue weighted by molar-refractivity contribution is 9.10. The predicted molar refractivity (Wildman–Crippen MR) is 73.0 cm³/mol. The molecule has 2 rings (SSSR count). The minimum Gasteiger partial charge on any atom is -0.301 e. The standard InChI is InChI=1S/C14H17BrNO/c1-10(2)7-16-8-12(9-16)14(17)11-3-5-13(15)6-4-11/h3-6,12H,7-9H2,1-2H3. The Morgan fingerprint density at radius 1 is 1.29 bits per heavy atom. The molecular formula is C14H17BrNO. The van der Waals surface area contributed by atoms with Crippen molar-refractivity contribution in [3.8, 4) is 0 Å². The summed E-state index contributed by atoms with van der Waals surface area (Å²) in [4.78, 5) is 14.4. The van der Waals surface area contributed by atoms with Crippen molar-refractivity contribution in [3.05, 3.63) is 40.2 Å². The topological polar surface area (TPSA) is 20.3 Å². The van der Waals surface area contributed by atoms with Gasteiger partial charge in [0.2, 0.25) is 0 Å². The number of halogens is 1. The SMILES string of the molecule is C[C](C)CN1CC(C(=O)c2ccc(Br)cc2)C1. The molecule has 1 aliphatic heterocycles. The highest BCUT2D eigenvalue weighted by Gasteiger charge is 2.32. The van der Waals surface area contributed by atoms with Gasteiger partial charge in [0.25, 0.3) is 0 Å². The Balaban J connectivity index is 1.89. The summed E-state index contributed by atoms with van der Waals surface area (Å²) in [6.45, 7) is 7.08. The van der Waals surface area contributed by atoms with Crippen LogP contribution in [0, 0.1) is 11.8 Å².